The van der Waals surface area contributed by atoms with E-state index in [0.29, 0.717) is 0 Å². The van der Waals surface area contributed by atoms with Gasteiger partial charge in [0.05, 0.1) is 0 Å². The lowest BCUT2D eigenvalue weighted by molar-refractivity contribution is 0.148. The van der Waals surface area contributed by atoms with E-state index in [0.717, 1.165) is 6.54 Å². The quantitative estimate of drug-likeness (QED) is 0.709. The minimum atomic E-state index is 1.08. The summed E-state index contributed by atoms with van der Waals surface area (Å²) in [5, 5.41) is 2.82. The highest BCUT2D eigenvalue weighted by Gasteiger charge is 2.16. The first kappa shape index (κ1) is 13.3. The number of hydrogen-bond donors (Lipinski definition) is 0. The van der Waals surface area contributed by atoms with Crippen molar-refractivity contribution in [3.8, 4) is 0 Å². The Hall–Kier alpha value is -1.42. The van der Waals surface area contributed by atoms with Crippen molar-refractivity contribution < 1.29 is 0 Å². The summed E-state index contributed by atoms with van der Waals surface area (Å²) < 4.78 is 2.87. The first-order valence-electron chi connectivity index (χ1n) is 7.61. The van der Waals surface area contributed by atoms with Gasteiger partial charge in [-0.05, 0) is 18.7 Å². The van der Waals surface area contributed by atoms with Gasteiger partial charge in [-0.15, -0.1) is 11.3 Å². The molecular formula is C18H20N2S. The van der Waals surface area contributed by atoms with E-state index >= 15 is 0 Å². The number of rotatable bonds is 2. The molecule has 0 unspecified atom stereocenters. The predicted octanol–water partition coefficient (Wildman–Crippen LogP) is 3.80. The summed E-state index contributed by atoms with van der Waals surface area (Å²) in [5.74, 6) is 0. The molecule has 2 heterocycles. The number of nitrogens with zero attached hydrogens (tertiary/aromatic N) is 2. The molecule has 0 N–H and O–H groups in total. The van der Waals surface area contributed by atoms with Gasteiger partial charge in [-0.2, -0.15) is 0 Å². The van der Waals surface area contributed by atoms with Gasteiger partial charge in [0, 0.05) is 52.9 Å². The van der Waals surface area contributed by atoms with E-state index in [-0.39, 0.29) is 0 Å². The molecule has 2 nitrogen and oxygen atoms in total. The average Bonchev–Trinajstić information content (AvgIpc) is 2.89. The van der Waals surface area contributed by atoms with E-state index in [2.05, 4.69) is 59.3 Å². The molecule has 4 rings (SSSR count). The van der Waals surface area contributed by atoms with Crippen LogP contribution in [0.5, 0.6) is 0 Å². The Balaban J connectivity index is 1.72. The van der Waals surface area contributed by atoms with Gasteiger partial charge < -0.3 is 4.90 Å². The van der Waals surface area contributed by atoms with Crippen LogP contribution in [0.2, 0.25) is 0 Å². The summed E-state index contributed by atoms with van der Waals surface area (Å²) in [6.45, 7) is 5.80. The fraction of sp³-hybridized carbons (Fsp3) is 0.333. The van der Waals surface area contributed by atoms with Gasteiger partial charge in [0.25, 0.3) is 0 Å². The Morgan fingerprint density at radius 2 is 1.67 bits per heavy atom. The van der Waals surface area contributed by atoms with Gasteiger partial charge >= 0.3 is 0 Å². The largest absolute Gasteiger partial charge is 0.304 e. The molecule has 0 saturated carbocycles. The zero-order valence-electron chi connectivity index (χ0n) is 12.4. The Morgan fingerprint density at radius 1 is 0.905 bits per heavy atom. The Kier molecular flexibility index (Phi) is 3.42. The van der Waals surface area contributed by atoms with Crippen molar-refractivity contribution in [3.63, 3.8) is 0 Å². The van der Waals surface area contributed by atoms with Crippen LogP contribution in [-0.4, -0.2) is 43.0 Å². The second-order valence-electron chi connectivity index (χ2n) is 5.97. The third-order valence-corrected chi connectivity index (χ3v) is 5.74. The number of thiophene rings is 1. The molecule has 0 atom stereocenters. The highest BCUT2D eigenvalue weighted by molar-refractivity contribution is 7.26. The molecule has 3 aromatic rings. The van der Waals surface area contributed by atoms with Crippen molar-refractivity contribution in [2.45, 2.75) is 6.54 Å². The first-order chi connectivity index (χ1) is 10.3. The minimum Gasteiger partial charge on any atom is -0.304 e. The molecule has 21 heavy (non-hydrogen) atoms. The Labute approximate surface area is 129 Å². The number of hydrogen-bond acceptors (Lipinski definition) is 3. The van der Waals surface area contributed by atoms with Gasteiger partial charge in [-0.1, -0.05) is 36.4 Å². The van der Waals surface area contributed by atoms with E-state index in [1.54, 1.807) is 0 Å². The summed E-state index contributed by atoms with van der Waals surface area (Å²) in [4.78, 5) is 5.00. The van der Waals surface area contributed by atoms with Crippen LogP contribution in [0.1, 0.15) is 5.56 Å². The van der Waals surface area contributed by atoms with Crippen molar-refractivity contribution in [2.75, 3.05) is 33.2 Å². The summed E-state index contributed by atoms with van der Waals surface area (Å²) in [5.41, 5.74) is 1.48. The molecule has 0 spiro atoms. The second kappa shape index (κ2) is 5.41. The minimum absolute atomic E-state index is 1.08. The van der Waals surface area contributed by atoms with Crippen LogP contribution in [-0.2, 0) is 6.54 Å². The molecule has 1 saturated heterocycles. The van der Waals surface area contributed by atoms with Crippen LogP contribution in [0, 0.1) is 0 Å². The monoisotopic (exact) mass is 296 g/mol. The molecular weight excluding hydrogens is 276 g/mol. The van der Waals surface area contributed by atoms with E-state index in [4.69, 9.17) is 0 Å². The van der Waals surface area contributed by atoms with Crippen molar-refractivity contribution in [3.05, 3.63) is 48.0 Å². The van der Waals surface area contributed by atoms with Crippen LogP contribution in [0.3, 0.4) is 0 Å². The average molecular weight is 296 g/mol. The van der Waals surface area contributed by atoms with Crippen LogP contribution in [0.15, 0.2) is 42.5 Å². The van der Waals surface area contributed by atoms with Crippen molar-refractivity contribution in [2.24, 2.45) is 0 Å². The molecule has 1 aliphatic rings. The van der Waals surface area contributed by atoms with Gasteiger partial charge in [0.2, 0.25) is 0 Å². The molecule has 108 valence electrons. The van der Waals surface area contributed by atoms with Crippen LogP contribution in [0.25, 0.3) is 20.2 Å². The smallest absolute Gasteiger partial charge is 0.0400 e. The molecule has 2 aromatic carbocycles. The first-order valence-corrected chi connectivity index (χ1v) is 8.43. The fourth-order valence-electron chi connectivity index (χ4n) is 3.18. The van der Waals surface area contributed by atoms with Crippen molar-refractivity contribution in [1.29, 1.82) is 0 Å². The van der Waals surface area contributed by atoms with E-state index in [9.17, 15) is 0 Å². The van der Waals surface area contributed by atoms with Gasteiger partial charge in [0.15, 0.2) is 0 Å². The normalized spacial score (nSPS) is 17.8. The summed E-state index contributed by atoms with van der Waals surface area (Å²) in [6.07, 6.45) is 0. The lowest BCUT2D eigenvalue weighted by atomic mass is 10.1. The van der Waals surface area contributed by atoms with Crippen LogP contribution < -0.4 is 0 Å². The summed E-state index contributed by atoms with van der Waals surface area (Å²) in [6, 6.07) is 15.5. The molecule has 3 heteroatoms. The maximum atomic E-state index is 2.58. The predicted molar refractivity (Wildman–Crippen MR) is 92.1 cm³/mol. The van der Waals surface area contributed by atoms with Gasteiger partial charge in [0.1, 0.15) is 0 Å². The van der Waals surface area contributed by atoms with Crippen LogP contribution in [0.4, 0.5) is 0 Å². The van der Waals surface area contributed by atoms with E-state index in [1.807, 2.05) is 11.3 Å². The molecule has 1 fully saturated rings. The second-order valence-corrected chi connectivity index (χ2v) is 7.02. The molecule has 1 aromatic heterocycles. The fourth-order valence-corrected chi connectivity index (χ4v) is 4.38. The van der Waals surface area contributed by atoms with E-state index in [1.165, 1.54) is 51.9 Å². The third-order valence-electron chi connectivity index (χ3n) is 4.48. The number of piperazine rings is 1. The zero-order chi connectivity index (χ0) is 14.2. The number of likely N-dealkylation sites (N-methyl/N-ethyl adjacent to an activating group) is 1. The zero-order valence-corrected chi connectivity index (χ0v) is 13.2. The Bertz CT molecular complexity index is 769. The number of fused-ring (bicyclic) bond motifs is 3. The van der Waals surface area contributed by atoms with Gasteiger partial charge in [-0.3, -0.25) is 4.90 Å². The van der Waals surface area contributed by atoms with Crippen molar-refractivity contribution in [1.82, 2.24) is 9.80 Å². The molecule has 0 bridgehead atoms. The maximum absolute atomic E-state index is 2.58. The molecule has 0 radical (unpaired) electrons. The molecule has 0 aliphatic carbocycles. The highest BCUT2D eigenvalue weighted by atomic mass is 32.1. The lowest BCUT2D eigenvalue weighted by Gasteiger charge is -2.32. The highest BCUT2D eigenvalue weighted by Crippen LogP contribution is 2.36. The summed E-state index contributed by atoms with van der Waals surface area (Å²) >= 11 is 1.94. The molecule has 0 amide bonds. The third kappa shape index (κ3) is 2.46. The molecule has 1 aliphatic heterocycles. The Morgan fingerprint density at radius 3 is 2.52 bits per heavy atom. The topological polar surface area (TPSA) is 6.48 Å². The summed E-state index contributed by atoms with van der Waals surface area (Å²) in [7, 11) is 2.21. The van der Waals surface area contributed by atoms with Crippen LogP contribution >= 0.6 is 11.3 Å². The van der Waals surface area contributed by atoms with E-state index < -0.39 is 0 Å². The van der Waals surface area contributed by atoms with Gasteiger partial charge in [-0.25, -0.2) is 0 Å². The SMILES string of the molecule is CN1CCN(Cc2cccc3c2sc2ccccc23)CC1. The standard InChI is InChI=1S/C18H20N2S/c1-19-9-11-20(12-10-19)13-14-5-4-7-16-15-6-2-3-8-17(15)21-18(14)16/h2-8H,9-13H2,1H3. The number of benzene rings is 2. The lowest BCUT2D eigenvalue weighted by Crippen LogP contribution is -2.43. The van der Waals surface area contributed by atoms with Crippen molar-refractivity contribution >= 4 is 31.5 Å². The maximum Gasteiger partial charge on any atom is 0.0400 e.